The molecule has 22 heavy (non-hydrogen) atoms. The number of urea groups is 1. The molecule has 0 atom stereocenters. The molecule has 0 fully saturated rings. The lowest BCUT2D eigenvalue weighted by Gasteiger charge is -2.19. The number of anilines is 2. The minimum atomic E-state index is -0.850. The molecule has 2 N–H and O–H groups in total. The molecule has 2 aromatic rings. The summed E-state index contributed by atoms with van der Waals surface area (Å²) in [7, 11) is 0. The molecule has 114 valence electrons. The van der Waals surface area contributed by atoms with Crippen LogP contribution in [-0.2, 0) is 0 Å². The summed E-state index contributed by atoms with van der Waals surface area (Å²) in [6, 6.07) is 7.16. The minimum Gasteiger partial charge on any atom is -0.486 e. The first-order valence-corrected chi connectivity index (χ1v) is 6.54. The molecule has 0 unspecified atom stereocenters. The van der Waals surface area contributed by atoms with Crippen molar-refractivity contribution in [3.05, 3.63) is 48.0 Å². The van der Waals surface area contributed by atoms with E-state index in [9.17, 15) is 13.6 Å². The number of nitrogens with one attached hydrogen (secondary N) is 2. The first kappa shape index (κ1) is 14.1. The number of halogens is 2. The summed E-state index contributed by atoms with van der Waals surface area (Å²) in [5.41, 5.74) is 0.348. The lowest BCUT2D eigenvalue weighted by molar-refractivity contribution is 0.171. The molecule has 7 heteroatoms. The Balaban J connectivity index is 1.69. The van der Waals surface area contributed by atoms with E-state index in [4.69, 9.17) is 9.47 Å². The SMILES string of the molecule is O=C(Nc1ccc2c(c1)OCCO2)Nc1ccc(F)cc1F. The minimum absolute atomic E-state index is 0.114. The first-order chi connectivity index (χ1) is 10.6. The van der Waals surface area contributed by atoms with Crippen molar-refractivity contribution < 1.29 is 23.0 Å². The molecule has 5 nitrogen and oxygen atoms in total. The molecule has 0 aromatic heterocycles. The highest BCUT2D eigenvalue weighted by Gasteiger charge is 2.13. The van der Waals surface area contributed by atoms with Crippen molar-refractivity contribution in [2.75, 3.05) is 23.8 Å². The smallest absolute Gasteiger partial charge is 0.323 e. The lowest BCUT2D eigenvalue weighted by atomic mass is 10.2. The van der Waals surface area contributed by atoms with E-state index in [2.05, 4.69) is 10.6 Å². The summed E-state index contributed by atoms with van der Waals surface area (Å²) < 4.78 is 37.0. The van der Waals surface area contributed by atoms with Crippen LogP contribution in [0.25, 0.3) is 0 Å². The Labute approximate surface area is 124 Å². The number of benzene rings is 2. The molecule has 0 saturated carbocycles. The van der Waals surface area contributed by atoms with Gasteiger partial charge in [-0.25, -0.2) is 13.6 Å². The van der Waals surface area contributed by atoms with Crippen molar-refractivity contribution in [1.82, 2.24) is 0 Å². The first-order valence-electron chi connectivity index (χ1n) is 6.54. The molecule has 0 saturated heterocycles. The van der Waals surface area contributed by atoms with Crippen molar-refractivity contribution in [3.63, 3.8) is 0 Å². The summed E-state index contributed by atoms with van der Waals surface area (Å²) in [6.07, 6.45) is 0. The van der Waals surface area contributed by atoms with E-state index in [1.807, 2.05) is 0 Å². The highest BCUT2D eigenvalue weighted by atomic mass is 19.1. The quantitative estimate of drug-likeness (QED) is 0.894. The van der Waals surface area contributed by atoms with E-state index < -0.39 is 17.7 Å². The van der Waals surface area contributed by atoms with E-state index in [1.165, 1.54) is 0 Å². The van der Waals surface area contributed by atoms with Gasteiger partial charge in [0.05, 0.1) is 5.69 Å². The monoisotopic (exact) mass is 306 g/mol. The van der Waals surface area contributed by atoms with Crippen LogP contribution in [0.15, 0.2) is 36.4 Å². The molecule has 2 aromatic carbocycles. The van der Waals surface area contributed by atoms with Gasteiger partial charge in [-0.05, 0) is 24.3 Å². The van der Waals surface area contributed by atoms with Crippen molar-refractivity contribution in [2.45, 2.75) is 0 Å². The van der Waals surface area contributed by atoms with Crippen molar-refractivity contribution in [1.29, 1.82) is 0 Å². The Kier molecular flexibility index (Phi) is 3.78. The van der Waals surface area contributed by atoms with Gasteiger partial charge in [-0.3, -0.25) is 0 Å². The molecule has 1 aliphatic heterocycles. The Bertz CT molecular complexity index is 722. The second kappa shape index (κ2) is 5.88. The number of fused-ring (bicyclic) bond motifs is 1. The molecule has 0 radical (unpaired) electrons. The predicted octanol–water partition coefficient (Wildman–Crippen LogP) is 3.38. The van der Waals surface area contributed by atoms with Crippen LogP contribution in [0, 0.1) is 11.6 Å². The second-order valence-corrected chi connectivity index (χ2v) is 4.56. The van der Waals surface area contributed by atoms with E-state index in [-0.39, 0.29) is 5.69 Å². The molecule has 3 rings (SSSR count). The normalized spacial score (nSPS) is 12.6. The fraction of sp³-hybridized carbons (Fsp3) is 0.133. The third-order valence-corrected chi connectivity index (χ3v) is 2.98. The second-order valence-electron chi connectivity index (χ2n) is 4.56. The van der Waals surface area contributed by atoms with Crippen molar-refractivity contribution in [3.8, 4) is 11.5 Å². The summed E-state index contributed by atoms with van der Waals surface area (Å²) in [5.74, 6) is -0.439. The fourth-order valence-electron chi connectivity index (χ4n) is 2.00. The van der Waals surface area contributed by atoms with Gasteiger partial charge in [0, 0.05) is 17.8 Å². The Hall–Kier alpha value is -2.83. The van der Waals surface area contributed by atoms with Gasteiger partial charge in [0.25, 0.3) is 0 Å². The van der Waals surface area contributed by atoms with E-state index in [0.717, 1.165) is 12.1 Å². The highest BCUT2D eigenvalue weighted by molar-refractivity contribution is 6.00. The van der Waals surface area contributed by atoms with Gasteiger partial charge in [-0.15, -0.1) is 0 Å². The topological polar surface area (TPSA) is 59.6 Å². The van der Waals surface area contributed by atoms with Gasteiger partial charge < -0.3 is 20.1 Å². The molecule has 1 heterocycles. The zero-order chi connectivity index (χ0) is 15.5. The number of hydrogen-bond donors (Lipinski definition) is 2. The number of carbonyl (C=O) groups excluding carboxylic acids is 1. The average Bonchev–Trinajstić information content (AvgIpc) is 2.50. The lowest BCUT2D eigenvalue weighted by Crippen LogP contribution is -2.20. The molecule has 0 spiro atoms. The summed E-state index contributed by atoms with van der Waals surface area (Å²) >= 11 is 0. The zero-order valence-electron chi connectivity index (χ0n) is 11.4. The van der Waals surface area contributed by atoms with Gasteiger partial charge in [0.15, 0.2) is 11.5 Å². The third-order valence-electron chi connectivity index (χ3n) is 2.98. The fourth-order valence-corrected chi connectivity index (χ4v) is 2.00. The summed E-state index contributed by atoms with van der Waals surface area (Å²) in [5, 5.41) is 4.84. The molecule has 0 aliphatic carbocycles. The maximum absolute atomic E-state index is 13.5. The van der Waals surface area contributed by atoms with Crippen molar-refractivity contribution >= 4 is 17.4 Å². The number of rotatable bonds is 2. The maximum atomic E-state index is 13.5. The standard InChI is InChI=1S/C15H12F2N2O3/c16-9-1-3-12(11(17)7-9)19-15(20)18-10-2-4-13-14(8-10)22-6-5-21-13/h1-4,7-8H,5-6H2,(H2,18,19,20). The van der Waals surface area contributed by atoms with Crippen LogP contribution in [0.3, 0.4) is 0 Å². The van der Waals surface area contributed by atoms with E-state index in [0.29, 0.717) is 36.5 Å². The highest BCUT2D eigenvalue weighted by Crippen LogP contribution is 2.32. The molecular weight excluding hydrogens is 294 g/mol. The zero-order valence-corrected chi connectivity index (χ0v) is 11.4. The van der Waals surface area contributed by atoms with Crippen LogP contribution in [-0.4, -0.2) is 19.2 Å². The molecule has 2 amide bonds. The van der Waals surface area contributed by atoms with E-state index in [1.54, 1.807) is 18.2 Å². The van der Waals surface area contributed by atoms with Crippen LogP contribution in [0.4, 0.5) is 25.0 Å². The van der Waals surface area contributed by atoms with Crippen LogP contribution < -0.4 is 20.1 Å². The number of ether oxygens (including phenoxy) is 2. The Morgan fingerprint density at radius 1 is 0.955 bits per heavy atom. The van der Waals surface area contributed by atoms with Gasteiger partial charge in [0.2, 0.25) is 0 Å². The van der Waals surface area contributed by atoms with Crippen LogP contribution in [0.5, 0.6) is 11.5 Å². The molecule has 0 bridgehead atoms. The van der Waals surface area contributed by atoms with Crippen molar-refractivity contribution in [2.24, 2.45) is 0 Å². The largest absolute Gasteiger partial charge is 0.486 e. The summed E-state index contributed by atoms with van der Waals surface area (Å²) in [6.45, 7) is 0.910. The molecule has 1 aliphatic rings. The maximum Gasteiger partial charge on any atom is 0.323 e. The van der Waals surface area contributed by atoms with Crippen LogP contribution in [0.2, 0.25) is 0 Å². The van der Waals surface area contributed by atoms with Gasteiger partial charge in [-0.1, -0.05) is 0 Å². The van der Waals surface area contributed by atoms with Gasteiger partial charge in [0.1, 0.15) is 24.8 Å². The number of hydrogen-bond acceptors (Lipinski definition) is 3. The third kappa shape index (κ3) is 3.08. The van der Waals surface area contributed by atoms with Crippen LogP contribution in [0.1, 0.15) is 0 Å². The Morgan fingerprint density at radius 3 is 2.50 bits per heavy atom. The Morgan fingerprint density at radius 2 is 1.73 bits per heavy atom. The van der Waals surface area contributed by atoms with Gasteiger partial charge in [-0.2, -0.15) is 0 Å². The molecular formula is C15H12F2N2O3. The summed E-state index contributed by atoms with van der Waals surface area (Å²) in [4.78, 5) is 11.8. The van der Waals surface area contributed by atoms with E-state index >= 15 is 0 Å². The van der Waals surface area contributed by atoms with Gasteiger partial charge >= 0.3 is 6.03 Å². The predicted molar refractivity (Wildman–Crippen MR) is 76.4 cm³/mol. The van der Waals surface area contributed by atoms with Crippen LogP contribution >= 0.6 is 0 Å². The average molecular weight is 306 g/mol. The number of amides is 2. The number of carbonyl (C=O) groups is 1.